The molecule has 0 aliphatic carbocycles. The predicted molar refractivity (Wildman–Crippen MR) is 91.8 cm³/mol. The highest BCUT2D eigenvalue weighted by Crippen LogP contribution is 2.34. The Labute approximate surface area is 142 Å². The minimum absolute atomic E-state index is 0.780. The Bertz CT molecular complexity index is 892. The molecule has 0 saturated heterocycles. The van der Waals surface area contributed by atoms with Crippen LogP contribution in [0.3, 0.4) is 0 Å². The van der Waals surface area contributed by atoms with Gasteiger partial charge in [-0.15, -0.1) is 0 Å². The second-order valence-electron chi connectivity index (χ2n) is 5.58. The summed E-state index contributed by atoms with van der Waals surface area (Å²) in [5, 5.41) is 5.36. The Kier molecular flexibility index (Phi) is 3.45. The number of halogens is 1. The summed E-state index contributed by atoms with van der Waals surface area (Å²) in [7, 11) is 3.61. The van der Waals surface area contributed by atoms with Gasteiger partial charge in [0.15, 0.2) is 5.65 Å². The van der Waals surface area contributed by atoms with Crippen molar-refractivity contribution in [2.24, 2.45) is 7.05 Å². The lowest BCUT2D eigenvalue weighted by atomic mass is 9.98. The number of aryl methyl sites for hydroxylation is 1. The van der Waals surface area contributed by atoms with E-state index in [9.17, 15) is 0 Å². The van der Waals surface area contributed by atoms with Gasteiger partial charge in [0, 0.05) is 25.7 Å². The van der Waals surface area contributed by atoms with E-state index in [4.69, 9.17) is 4.74 Å². The van der Waals surface area contributed by atoms with Crippen LogP contribution in [-0.2, 0) is 20.0 Å². The summed E-state index contributed by atoms with van der Waals surface area (Å²) in [5.74, 6) is 1.89. The molecule has 6 nitrogen and oxygen atoms in total. The van der Waals surface area contributed by atoms with E-state index in [1.165, 1.54) is 11.1 Å². The Hall–Kier alpha value is -2.15. The van der Waals surface area contributed by atoms with Crippen molar-refractivity contribution in [3.8, 4) is 5.75 Å². The topological polar surface area (TPSA) is 56.1 Å². The molecule has 118 valence electrons. The first-order valence-corrected chi connectivity index (χ1v) is 8.21. The van der Waals surface area contributed by atoms with Crippen molar-refractivity contribution in [2.45, 2.75) is 13.0 Å². The van der Waals surface area contributed by atoms with Crippen LogP contribution in [0, 0.1) is 0 Å². The van der Waals surface area contributed by atoms with Gasteiger partial charge < -0.3 is 9.64 Å². The van der Waals surface area contributed by atoms with Gasteiger partial charge in [-0.05, 0) is 34.0 Å². The number of anilines is 1. The maximum absolute atomic E-state index is 5.48. The molecule has 1 aliphatic heterocycles. The van der Waals surface area contributed by atoms with Gasteiger partial charge in [-0.2, -0.15) is 5.10 Å². The average molecular weight is 374 g/mol. The summed E-state index contributed by atoms with van der Waals surface area (Å²) in [5.41, 5.74) is 3.41. The second-order valence-corrected chi connectivity index (χ2v) is 6.33. The van der Waals surface area contributed by atoms with Gasteiger partial charge in [0.05, 0.1) is 12.5 Å². The maximum atomic E-state index is 5.48. The number of aromatic nitrogens is 4. The van der Waals surface area contributed by atoms with E-state index in [1.54, 1.807) is 18.1 Å². The van der Waals surface area contributed by atoms with Crippen molar-refractivity contribution in [2.75, 3.05) is 18.6 Å². The first kappa shape index (κ1) is 14.4. The van der Waals surface area contributed by atoms with E-state index in [0.29, 0.717) is 0 Å². The molecule has 3 aromatic rings. The lowest BCUT2D eigenvalue weighted by Gasteiger charge is -2.30. The zero-order valence-electron chi connectivity index (χ0n) is 13.0. The highest BCUT2D eigenvalue weighted by Gasteiger charge is 2.24. The summed E-state index contributed by atoms with van der Waals surface area (Å²) in [4.78, 5) is 11.1. The van der Waals surface area contributed by atoms with E-state index >= 15 is 0 Å². The van der Waals surface area contributed by atoms with Crippen molar-refractivity contribution in [3.05, 3.63) is 40.3 Å². The Balaban J connectivity index is 1.78. The summed E-state index contributed by atoms with van der Waals surface area (Å²) in [6, 6.07) is 6.21. The maximum Gasteiger partial charge on any atom is 0.164 e. The average Bonchev–Trinajstić information content (AvgIpc) is 2.88. The molecule has 7 heteroatoms. The van der Waals surface area contributed by atoms with Crippen LogP contribution >= 0.6 is 15.9 Å². The van der Waals surface area contributed by atoms with Gasteiger partial charge in [-0.25, -0.2) is 14.6 Å². The van der Waals surface area contributed by atoms with Gasteiger partial charge in [0.1, 0.15) is 22.5 Å². The second kappa shape index (κ2) is 5.49. The monoisotopic (exact) mass is 373 g/mol. The molecule has 0 unspecified atom stereocenters. The third-order valence-electron chi connectivity index (χ3n) is 4.30. The fraction of sp³-hybridized carbons (Fsp3) is 0.312. The van der Waals surface area contributed by atoms with Crippen molar-refractivity contribution in [3.63, 3.8) is 0 Å². The number of nitrogens with zero attached hydrogens (tertiary/aromatic N) is 5. The molecule has 1 aromatic carbocycles. The summed E-state index contributed by atoms with van der Waals surface area (Å²) >= 11 is 3.53. The van der Waals surface area contributed by atoms with E-state index in [1.807, 2.05) is 19.2 Å². The Morgan fingerprint density at radius 3 is 2.96 bits per heavy atom. The fourth-order valence-corrected chi connectivity index (χ4v) is 3.81. The number of hydrogen-bond donors (Lipinski definition) is 0. The Morgan fingerprint density at radius 2 is 2.13 bits per heavy atom. The summed E-state index contributed by atoms with van der Waals surface area (Å²) in [6.07, 6.45) is 2.54. The zero-order valence-corrected chi connectivity index (χ0v) is 14.5. The third-order valence-corrected chi connectivity index (χ3v) is 4.86. The van der Waals surface area contributed by atoms with Gasteiger partial charge in [0.2, 0.25) is 0 Å². The van der Waals surface area contributed by atoms with Crippen LogP contribution in [0.2, 0.25) is 0 Å². The van der Waals surface area contributed by atoms with E-state index < -0.39 is 0 Å². The predicted octanol–water partition coefficient (Wildman–Crippen LogP) is 2.70. The molecular weight excluding hydrogens is 358 g/mol. The van der Waals surface area contributed by atoms with Crippen molar-refractivity contribution >= 4 is 32.8 Å². The SMILES string of the molecule is COc1cccc2c1CCN(c1ncnc3c1c(Br)nn3C)C2. The molecule has 23 heavy (non-hydrogen) atoms. The number of rotatable bonds is 2. The normalized spacial score (nSPS) is 14.1. The van der Waals surface area contributed by atoms with E-state index in [0.717, 1.165) is 46.7 Å². The molecule has 2 aromatic heterocycles. The molecule has 0 radical (unpaired) electrons. The van der Waals surface area contributed by atoms with Crippen LogP contribution in [0.5, 0.6) is 5.75 Å². The van der Waals surface area contributed by atoms with Gasteiger partial charge in [-0.1, -0.05) is 12.1 Å². The summed E-state index contributed by atoms with van der Waals surface area (Å²) < 4.78 is 8.03. The lowest BCUT2D eigenvalue weighted by molar-refractivity contribution is 0.407. The molecule has 0 N–H and O–H groups in total. The minimum atomic E-state index is 0.780. The minimum Gasteiger partial charge on any atom is -0.496 e. The van der Waals surface area contributed by atoms with Crippen LogP contribution in [0.4, 0.5) is 5.82 Å². The van der Waals surface area contributed by atoms with Crippen molar-refractivity contribution in [1.82, 2.24) is 19.7 Å². The molecule has 0 fully saturated rings. The van der Waals surface area contributed by atoms with Crippen LogP contribution in [0.15, 0.2) is 29.1 Å². The van der Waals surface area contributed by atoms with Gasteiger partial charge >= 0.3 is 0 Å². The molecule has 1 aliphatic rings. The Morgan fingerprint density at radius 1 is 1.26 bits per heavy atom. The van der Waals surface area contributed by atoms with Crippen molar-refractivity contribution in [1.29, 1.82) is 0 Å². The smallest absolute Gasteiger partial charge is 0.164 e. The standard InChI is InChI=1S/C16H16BrN5O/c1-21-15-13(14(17)20-21)16(19-9-18-15)22-7-6-11-10(8-22)4-3-5-12(11)23-2/h3-5,9H,6-8H2,1-2H3. The molecule has 3 heterocycles. The van der Waals surface area contributed by atoms with Crippen LogP contribution in [0.1, 0.15) is 11.1 Å². The van der Waals surface area contributed by atoms with E-state index in [2.05, 4.69) is 42.0 Å². The number of hydrogen-bond acceptors (Lipinski definition) is 5. The van der Waals surface area contributed by atoms with Crippen LogP contribution in [-0.4, -0.2) is 33.4 Å². The first-order chi connectivity index (χ1) is 11.2. The third kappa shape index (κ3) is 2.26. The molecule has 0 bridgehead atoms. The molecule has 4 rings (SSSR count). The van der Waals surface area contributed by atoms with Crippen LogP contribution < -0.4 is 9.64 Å². The first-order valence-electron chi connectivity index (χ1n) is 7.42. The number of fused-ring (bicyclic) bond motifs is 2. The molecule has 0 amide bonds. The number of benzene rings is 1. The fourth-order valence-electron chi connectivity index (χ4n) is 3.21. The molecular formula is C16H16BrN5O. The molecule has 0 spiro atoms. The van der Waals surface area contributed by atoms with Gasteiger partial charge in [0.25, 0.3) is 0 Å². The lowest BCUT2D eigenvalue weighted by Crippen LogP contribution is -2.31. The number of methoxy groups -OCH3 is 1. The number of ether oxygens (including phenoxy) is 1. The van der Waals surface area contributed by atoms with Gasteiger partial charge in [-0.3, -0.25) is 0 Å². The quantitative estimate of drug-likeness (QED) is 0.691. The zero-order chi connectivity index (χ0) is 16.0. The van der Waals surface area contributed by atoms with Crippen molar-refractivity contribution < 1.29 is 4.74 Å². The van der Waals surface area contributed by atoms with Crippen LogP contribution in [0.25, 0.3) is 11.0 Å². The highest BCUT2D eigenvalue weighted by molar-refractivity contribution is 9.10. The van der Waals surface area contributed by atoms with E-state index in [-0.39, 0.29) is 0 Å². The molecule has 0 saturated carbocycles. The highest BCUT2D eigenvalue weighted by atomic mass is 79.9. The largest absolute Gasteiger partial charge is 0.496 e. The molecule has 0 atom stereocenters. The summed E-state index contributed by atoms with van der Waals surface area (Å²) in [6.45, 7) is 1.70.